The molecular weight excluding hydrogens is 1400 g/mol. The van der Waals surface area contributed by atoms with Gasteiger partial charge in [-0.3, -0.25) is 37.3 Å². The van der Waals surface area contributed by atoms with E-state index in [4.69, 9.17) is 37.0 Å². The molecule has 108 heavy (non-hydrogen) atoms. The van der Waals surface area contributed by atoms with Crippen LogP contribution in [0.5, 0.6) is 0 Å². The molecule has 0 bridgehead atoms. The van der Waals surface area contributed by atoms with Crippen molar-refractivity contribution >= 4 is 39.5 Å². The molecule has 0 aliphatic carbocycles. The predicted molar refractivity (Wildman–Crippen MR) is 445 cm³/mol. The first kappa shape index (κ1) is 102. The van der Waals surface area contributed by atoms with E-state index in [0.717, 1.165) is 212 Å². The fourth-order valence-corrected chi connectivity index (χ4v) is 12.0. The summed E-state index contributed by atoms with van der Waals surface area (Å²) in [5.41, 5.74) is 0. The Morgan fingerprint density at radius 1 is 0.269 bits per heavy atom. The third kappa shape index (κ3) is 78.5. The summed E-state index contributed by atoms with van der Waals surface area (Å²) in [6, 6.07) is 0. The Bertz CT molecular complexity index is 2710. The summed E-state index contributed by atoms with van der Waals surface area (Å²) in [5.74, 6) is -2.27. The molecular formula is C89H146O17P2. The van der Waals surface area contributed by atoms with E-state index in [1.54, 1.807) is 0 Å². The van der Waals surface area contributed by atoms with Gasteiger partial charge >= 0.3 is 39.5 Å². The van der Waals surface area contributed by atoms with Crippen molar-refractivity contribution in [3.05, 3.63) is 170 Å². The van der Waals surface area contributed by atoms with Gasteiger partial charge in [0.15, 0.2) is 12.2 Å². The van der Waals surface area contributed by atoms with Gasteiger partial charge in [0.25, 0.3) is 0 Å². The van der Waals surface area contributed by atoms with E-state index >= 15 is 0 Å². The standard InChI is InChI=1S/C89H146O17P2/c1-5-9-13-17-21-25-29-33-37-40-41-44-47-50-54-58-62-66-70-74-87(92)100-80-85(106-89(94)76-72-68-64-60-56-52-48-43-39-35-31-27-23-19-15-11-7-3)82-104-108(97,98)102-78-83(90)77-101-107(95,96)103-81-84(105-88(93)75-71-67-63-59-55-51-45-36-32-28-24-20-16-12-8-4)79-99-86(91)73-69-65-61-57-53-49-46-42-38-34-30-26-22-18-14-10-6-2/h9-11,13-15,21-28,33-39,41,44-46,48-49,52,83-85,90H,5-8,12,16-20,29-32,40,42-43,47,50-51,53-82H2,1-4H3,(H,95,96)(H,97,98)/b13-9-,14-10-,15-11-,25-21-,26-22-,27-23-,28-24-,37-33-,38-34-,39-35-,44-41-,45-36-,49-46-,52-48-. The summed E-state index contributed by atoms with van der Waals surface area (Å²) in [6.07, 6.45) is 94.6. The van der Waals surface area contributed by atoms with Crippen LogP contribution in [0.15, 0.2) is 170 Å². The van der Waals surface area contributed by atoms with Crippen molar-refractivity contribution in [2.75, 3.05) is 39.6 Å². The fraction of sp³-hybridized carbons (Fsp3) is 0.640. The van der Waals surface area contributed by atoms with Crippen LogP contribution in [0.1, 0.15) is 310 Å². The minimum Gasteiger partial charge on any atom is -0.462 e. The SMILES string of the molecule is CC/C=C\C/C=C\C/C=C\C/C=C\CCCCCCCCC(=O)OCC(COP(=O)(O)OCC(O)COP(=O)(O)OCC(COC(=O)CCCCCC/C=C\C/C=C\C/C=C\C/C=C\CC)OC(=O)CCCCCCC/C=C\C/C=C\CCCCC)OC(=O)CCCCCC/C=C\C/C=C\C/C=C\C/C=C\CC. The summed E-state index contributed by atoms with van der Waals surface area (Å²) in [4.78, 5) is 73.2. The van der Waals surface area contributed by atoms with Crippen molar-refractivity contribution in [3.63, 3.8) is 0 Å². The molecule has 614 valence electrons. The summed E-state index contributed by atoms with van der Waals surface area (Å²) in [5, 5.41) is 10.7. The van der Waals surface area contributed by atoms with Crippen LogP contribution in [0.25, 0.3) is 0 Å². The molecule has 5 unspecified atom stereocenters. The summed E-state index contributed by atoms with van der Waals surface area (Å²) in [7, 11) is -10.0. The monoisotopic (exact) mass is 1550 g/mol. The molecule has 0 heterocycles. The van der Waals surface area contributed by atoms with Crippen LogP contribution in [0.3, 0.4) is 0 Å². The van der Waals surface area contributed by atoms with Gasteiger partial charge in [0.2, 0.25) is 0 Å². The average Bonchev–Trinajstić information content (AvgIpc) is 0.906. The highest BCUT2D eigenvalue weighted by molar-refractivity contribution is 7.47. The molecule has 0 aromatic rings. The van der Waals surface area contributed by atoms with Gasteiger partial charge in [-0.2, -0.15) is 0 Å². The zero-order valence-electron chi connectivity index (χ0n) is 67.2. The Kier molecular flexibility index (Phi) is 75.4. The third-order valence-electron chi connectivity index (χ3n) is 16.7. The average molecular weight is 1550 g/mol. The molecule has 19 heteroatoms. The molecule has 0 saturated heterocycles. The van der Waals surface area contributed by atoms with Crippen LogP contribution >= 0.6 is 15.6 Å². The lowest BCUT2D eigenvalue weighted by atomic mass is 10.1. The van der Waals surface area contributed by atoms with Crippen LogP contribution in [-0.4, -0.2) is 96.7 Å². The normalized spacial score (nSPS) is 14.7. The highest BCUT2D eigenvalue weighted by Crippen LogP contribution is 2.45. The van der Waals surface area contributed by atoms with E-state index in [1.807, 2.05) is 0 Å². The fourth-order valence-electron chi connectivity index (χ4n) is 10.5. The number of esters is 4. The number of aliphatic hydroxyl groups is 1. The van der Waals surface area contributed by atoms with E-state index in [1.165, 1.54) is 19.3 Å². The van der Waals surface area contributed by atoms with Gasteiger partial charge in [-0.05, 0) is 173 Å². The second-order valence-corrected chi connectivity index (χ2v) is 29.8. The first-order chi connectivity index (χ1) is 52.7. The Hall–Kier alpha value is -5.58. The summed E-state index contributed by atoms with van der Waals surface area (Å²) < 4.78 is 68.7. The highest BCUT2D eigenvalue weighted by Gasteiger charge is 2.30. The molecule has 0 rings (SSSR count). The number of aliphatic hydroxyl groups excluding tert-OH is 1. The number of unbranched alkanes of at least 4 members (excludes halogenated alkanes) is 22. The Morgan fingerprint density at radius 2 is 0.481 bits per heavy atom. The molecule has 0 spiro atoms. The Labute approximate surface area is 654 Å². The molecule has 0 fully saturated rings. The number of rotatable bonds is 76. The number of allylic oxidation sites excluding steroid dienone is 28. The van der Waals surface area contributed by atoms with Crippen LogP contribution in [-0.2, 0) is 65.4 Å². The topological polar surface area (TPSA) is 237 Å². The van der Waals surface area contributed by atoms with E-state index in [2.05, 4.69) is 198 Å². The lowest BCUT2D eigenvalue weighted by molar-refractivity contribution is -0.161. The number of phosphoric ester groups is 2. The van der Waals surface area contributed by atoms with Crippen LogP contribution in [0, 0.1) is 0 Å². The molecule has 0 amide bonds. The van der Waals surface area contributed by atoms with Crippen molar-refractivity contribution in [2.24, 2.45) is 0 Å². The molecule has 0 aliphatic heterocycles. The summed E-state index contributed by atoms with van der Waals surface area (Å²) in [6.45, 7) is 4.43. The van der Waals surface area contributed by atoms with E-state index in [0.29, 0.717) is 25.7 Å². The summed E-state index contributed by atoms with van der Waals surface area (Å²) >= 11 is 0. The molecule has 0 saturated carbocycles. The number of carbonyl (C=O) groups is 4. The smallest absolute Gasteiger partial charge is 0.462 e. The van der Waals surface area contributed by atoms with Crippen molar-refractivity contribution in [1.82, 2.24) is 0 Å². The predicted octanol–water partition coefficient (Wildman–Crippen LogP) is 24.6. The van der Waals surface area contributed by atoms with Gasteiger partial charge < -0.3 is 33.8 Å². The van der Waals surface area contributed by atoms with Crippen molar-refractivity contribution < 1.29 is 80.2 Å². The van der Waals surface area contributed by atoms with Crippen LogP contribution in [0.4, 0.5) is 0 Å². The van der Waals surface area contributed by atoms with Gasteiger partial charge in [-0.25, -0.2) is 9.13 Å². The first-order valence-electron chi connectivity index (χ1n) is 41.4. The van der Waals surface area contributed by atoms with E-state index in [-0.39, 0.29) is 25.7 Å². The molecule has 0 aliphatic rings. The minimum absolute atomic E-state index is 0.0569. The Balaban J connectivity index is 5.46. The highest BCUT2D eigenvalue weighted by atomic mass is 31.2. The number of hydrogen-bond donors (Lipinski definition) is 3. The minimum atomic E-state index is -5.00. The molecule has 0 aromatic heterocycles. The van der Waals surface area contributed by atoms with Gasteiger partial charge in [0, 0.05) is 25.7 Å². The maximum atomic E-state index is 13.1. The first-order valence-corrected chi connectivity index (χ1v) is 44.4. The van der Waals surface area contributed by atoms with E-state index in [9.17, 15) is 43.2 Å². The molecule has 0 radical (unpaired) electrons. The maximum Gasteiger partial charge on any atom is 0.472 e. The van der Waals surface area contributed by atoms with Crippen molar-refractivity contribution in [3.8, 4) is 0 Å². The van der Waals surface area contributed by atoms with E-state index < -0.39 is 97.5 Å². The number of phosphoric acid groups is 2. The van der Waals surface area contributed by atoms with Crippen LogP contribution < -0.4 is 0 Å². The number of carbonyl (C=O) groups excluding carboxylic acids is 4. The van der Waals surface area contributed by atoms with Gasteiger partial charge in [-0.1, -0.05) is 281 Å². The Morgan fingerprint density at radius 3 is 0.741 bits per heavy atom. The van der Waals surface area contributed by atoms with Crippen molar-refractivity contribution in [2.45, 2.75) is 329 Å². The second kappa shape index (κ2) is 79.5. The quantitative estimate of drug-likeness (QED) is 0.0169. The molecule has 17 nitrogen and oxygen atoms in total. The lowest BCUT2D eigenvalue weighted by Gasteiger charge is -2.21. The zero-order chi connectivity index (χ0) is 78.9. The zero-order valence-corrected chi connectivity index (χ0v) is 69.0. The van der Waals surface area contributed by atoms with Gasteiger partial charge in [0.05, 0.1) is 26.4 Å². The van der Waals surface area contributed by atoms with Gasteiger partial charge in [-0.15, -0.1) is 0 Å². The third-order valence-corrected chi connectivity index (χ3v) is 18.6. The molecule has 3 N–H and O–H groups in total. The lowest BCUT2D eigenvalue weighted by Crippen LogP contribution is -2.30. The number of hydrogen-bond acceptors (Lipinski definition) is 15. The molecule has 5 atom stereocenters. The van der Waals surface area contributed by atoms with Gasteiger partial charge in [0.1, 0.15) is 19.3 Å². The second-order valence-electron chi connectivity index (χ2n) is 26.9. The van der Waals surface area contributed by atoms with Crippen LogP contribution in [0.2, 0.25) is 0 Å². The van der Waals surface area contributed by atoms with Crippen molar-refractivity contribution in [1.29, 1.82) is 0 Å². The molecule has 0 aromatic carbocycles. The largest absolute Gasteiger partial charge is 0.472 e. The maximum absolute atomic E-state index is 13.1. The number of ether oxygens (including phenoxy) is 4.